The van der Waals surface area contributed by atoms with Crippen LogP contribution >= 0.6 is 0 Å². The van der Waals surface area contributed by atoms with Crippen LogP contribution in [0.4, 0.5) is 0 Å². The van der Waals surface area contributed by atoms with E-state index in [9.17, 15) is 4.79 Å². The van der Waals surface area contributed by atoms with Crippen molar-refractivity contribution < 1.29 is 14.4 Å². The number of esters is 1. The van der Waals surface area contributed by atoms with Crippen molar-refractivity contribution in [3.05, 3.63) is 0 Å². The van der Waals surface area contributed by atoms with Gasteiger partial charge < -0.3 is 9.64 Å². The first-order chi connectivity index (χ1) is 6.95. The zero-order chi connectivity index (χ0) is 11.5. The number of carbonyl (C=O) groups is 1. The lowest BCUT2D eigenvalue weighted by Gasteiger charge is -2.29. The summed E-state index contributed by atoms with van der Waals surface area (Å²) in [6, 6.07) is 0. The third-order valence-electron chi connectivity index (χ3n) is 3.50. The SMILES string of the molecule is CCC(C)(C)C(=O)OC1CC[NH+](C)CC1. The maximum Gasteiger partial charge on any atom is 0.311 e. The Morgan fingerprint density at radius 2 is 1.93 bits per heavy atom. The van der Waals surface area contributed by atoms with E-state index in [1.807, 2.05) is 20.8 Å². The van der Waals surface area contributed by atoms with Crippen LogP contribution in [0, 0.1) is 5.41 Å². The van der Waals surface area contributed by atoms with Crippen LogP contribution in [-0.4, -0.2) is 32.2 Å². The number of likely N-dealkylation sites (tertiary alicyclic amines) is 1. The van der Waals surface area contributed by atoms with E-state index < -0.39 is 0 Å². The highest BCUT2D eigenvalue weighted by atomic mass is 16.5. The monoisotopic (exact) mass is 214 g/mol. The minimum atomic E-state index is -0.323. The second-order valence-electron chi connectivity index (χ2n) is 5.30. The number of nitrogens with one attached hydrogen (secondary N) is 1. The summed E-state index contributed by atoms with van der Waals surface area (Å²) in [5, 5.41) is 0. The minimum absolute atomic E-state index is 0.0328. The molecule has 3 heteroatoms. The maximum atomic E-state index is 11.8. The van der Waals surface area contributed by atoms with E-state index in [0.29, 0.717) is 0 Å². The summed E-state index contributed by atoms with van der Waals surface area (Å²) in [5.41, 5.74) is -0.323. The molecule has 0 aromatic rings. The van der Waals surface area contributed by atoms with E-state index in [4.69, 9.17) is 4.74 Å². The first kappa shape index (κ1) is 12.5. The Kier molecular flexibility index (Phi) is 4.14. The lowest BCUT2D eigenvalue weighted by Crippen LogP contribution is -3.10. The van der Waals surface area contributed by atoms with Gasteiger partial charge in [0.1, 0.15) is 6.10 Å². The number of hydrogen-bond acceptors (Lipinski definition) is 2. The zero-order valence-electron chi connectivity index (χ0n) is 10.4. The van der Waals surface area contributed by atoms with Gasteiger partial charge in [0.05, 0.1) is 25.6 Å². The van der Waals surface area contributed by atoms with E-state index in [1.165, 1.54) is 4.90 Å². The van der Waals surface area contributed by atoms with Crippen LogP contribution < -0.4 is 4.90 Å². The van der Waals surface area contributed by atoms with Crippen molar-refractivity contribution in [2.24, 2.45) is 5.41 Å². The van der Waals surface area contributed by atoms with Crippen LogP contribution in [-0.2, 0) is 9.53 Å². The van der Waals surface area contributed by atoms with Crippen molar-refractivity contribution in [3.8, 4) is 0 Å². The van der Waals surface area contributed by atoms with Gasteiger partial charge in [-0.1, -0.05) is 6.92 Å². The highest BCUT2D eigenvalue weighted by Crippen LogP contribution is 2.23. The van der Waals surface area contributed by atoms with Crippen LogP contribution in [0.25, 0.3) is 0 Å². The summed E-state index contributed by atoms with van der Waals surface area (Å²) in [6.07, 6.45) is 3.02. The number of hydrogen-bond donors (Lipinski definition) is 1. The fourth-order valence-electron chi connectivity index (χ4n) is 1.66. The molecule has 1 fully saturated rings. The molecule has 0 aliphatic carbocycles. The van der Waals surface area contributed by atoms with Crippen LogP contribution in [0.3, 0.4) is 0 Å². The van der Waals surface area contributed by atoms with E-state index in [1.54, 1.807) is 0 Å². The smallest absolute Gasteiger partial charge is 0.311 e. The lowest BCUT2D eigenvalue weighted by molar-refractivity contribution is -0.885. The van der Waals surface area contributed by atoms with E-state index in [0.717, 1.165) is 32.4 Å². The van der Waals surface area contributed by atoms with Crippen LogP contribution in [0.2, 0.25) is 0 Å². The number of quaternary nitrogens is 1. The molecule has 1 N–H and O–H groups in total. The summed E-state index contributed by atoms with van der Waals surface area (Å²) >= 11 is 0. The molecular weight excluding hydrogens is 190 g/mol. The van der Waals surface area contributed by atoms with Gasteiger partial charge in [-0.2, -0.15) is 0 Å². The Morgan fingerprint density at radius 1 is 1.40 bits per heavy atom. The topological polar surface area (TPSA) is 30.7 Å². The Bertz CT molecular complexity index is 218. The van der Waals surface area contributed by atoms with Gasteiger partial charge in [-0.05, 0) is 20.3 Å². The zero-order valence-corrected chi connectivity index (χ0v) is 10.4. The standard InChI is InChI=1S/C12H23NO2/c1-5-12(2,3)11(14)15-10-6-8-13(4)9-7-10/h10H,5-9H2,1-4H3/p+1. The molecule has 0 unspecified atom stereocenters. The Hall–Kier alpha value is -0.570. The van der Waals surface area contributed by atoms with Gasteiger partial charge in [-0.3, -0.25) is 4.79 Å². The highest BCUT2D eigenvalue weighted by Gasteiger charge is 2.31. The van der Waals surface area contributed by atoms with Gasteiger partial charge in [-0.15, -0.1) is 0 Å². The highest BCUT2D eigenvalue weighted by molar-refractivity contribution is 5.75. The molecule has 0 atom stereocenters. The first-order valence-electron chi connectivity index (χ1n) is 5.98. The molecule has 1 rings (SSSR count). The molecule has 0 radical (unpaired) electrons. The molecule has 0 spiro atoms. The summed E-state index contributed by atoms with van der Waals surface area (Å²) in [5.74, 6) is -0.0328. The third kappa shape index (κ3) is 3.49. The van der Waals surface area contributed by atoms with Crippen molar-refractivity contribution in [1.82, 2.24) is 0 Å². The molecule has 15 heavy (non-hydrogen) atoms. The van der Waals surface area contributed by atoms with Gasteiger partial charge in [-0.25, -0.2) is 0 Å². The fraction of sp³-hybridized carbons (Fsp3) is 0.917. The molecule has 0 bridgehead atoms. The second kappa shape index (κ2) is 4.97. The fourth-order valence-corrected chi connectivity index (χ4v) is 1.66. The molecule has 0 saturated carbocycles. The molecule has 1 heterocycles. The summed E-state index contributed by atoms with van der Waals surface area (Å²) in [7, 11) is 2.19. The molecule has 1 aliphatic rings. The van der Waals surface area contributed by atoms with Crippen molar-refractivity contribution in [3.63, 3.8) is 0 Å². The number of carbonyl (C=O) groups excluding carboxylic acids is 1. The molecule has 1 saturated heterocycles. The summed E-state index contributed by atoms with van der Waals surface area (Å²) in [4.78, 5) is 13.4. The van der Waals surface area contributed by atoms with Crippen molar-refractivity contribution in [2.75, 3.05) is 20.1 Å². The first-order valence-corrected chi connectivity index (χ1v) is 5.98. The third-order valence-corrected chi connectivity index (χ3v) is 3.50. The van der Waals surface area contributed by atoms with Crippen molar-refractivity contribution in [1.29, 1.82) is 0 Å². The van der Waals surface area contributed by atoms with Gasteiger partial charge >= 0.3 is 5.97 Å². The van der Waals surface area contributed by atoms with Crippen molar-refractivity contribution in [2.45, 2.75) is 46.1 Å². The molecule has 0 aromatic heterocycles. The van der Waals surface area contributed by atoms with Crippen LogP contribution in [0.1, 0.15) is 40.0 Å². The largest absolute Gasteiger partial charge is 0.461 e. The predicted molar refractivity (Wildman–Crippen MR) is 59.8 cm³/mol. The Morgan fingerprint density at radius 3 is 2.40 bits per heavy atom. The Balaban J connectivity index is 2.39. The van der Waals surface area contributed by atoms with E-state index >= 15 is 0 Å². The van der Waals surface area contributed by atoms with Gasteiger partial charge in [0.2, 0.25) is 0 Å². The minimum Gasteiger partial charge on any atom is -0.461 e. The molecule has 0 aromatic carbocycles. The lowest BCUT2D eigenvalue weighted by atomic mass is 9.90. The summed E-state index contributed by atoms with van der Waals surface area (Å²) in [6.45, 7) is 8.17. The Labute approximate surface area is 92.8 Å². The quantitative estimate of drug-likeness (QED) is 0.699. The van der Waals surface area contributed by atoms with Crippen LogP contribution in [0.5, 0.6) is 0 Å². The number of rotatable bonds is 3. The van der Waals surface area contributed by atoms with Gasteiger partial charge in [0.15, 0.2) is 0 Å². The normalized spacial score (nSPS) is 27.5. The molecule has 3 nitrogen and oxygen atoms in total. The summed E-state index contributed by atoms with van der Waals surface area (Å²) < 4.78 is 5.54. The van der Waals surface area contributed by atoms with Gasteiger partial charge in [0.25, 0.3) is 0 Å². The molecular formula is C12H24NO2+. The van der Waals surface area contributed by atoms with Gasteiger partial charge in [0, 0.05) is 12.8 Å². The predicted octanol–water partition coefficient (Wildman–Crippen LogP) is 0.643. The average molecular weight is 214 g/mol. The van der Waals surface area contributed by atoms with Crippen molar-refractivity contribution >= 4 is 5.97 Å². The molecule has 88 valence electrons. The van der Waals surface area contributed by atoms with Crippen LogP contribution in [0.15, 0.2) is 0 Å². The maximum absolute atomic E-state index is 11.8. The molecule has 1 aliphatic heterocycles. The average Bonchev–Trinajstić information content (AvgIpc) is 2.21. The number of ether oxygens (including phenoxy) is 1. The van der Waals surface area contributed by atoms with E-state index in [2.05, 4.69) is 7.05 Å². The number of piperidine rings is 1. The second-order valence-corrected chi connectivity index (χ2v) is 5.30. The molecule has 0 amide bonds. The van der Waals surface area contributed by atoms with E-state index in [-0.39, 0.29) is 17.5 Å².